The Morgan fingerprint density at radius 3 is 2.55 bits per heavy atom. The van der Waals surface area contributed by atoms with E-state index in [9.17, 15) is 0 Å². The number of rotatable bonds is 2. The van der Waals surface area contributed by atoms with Crippen LogP contribution in [0, 0.1) is 0 Å². The summed E-state index contributed by atoms with van der Waals surface area (Å²) < 4.78 is 0. The van der Waals surface area contributed by atoms with Crippen LogP contribution in [0.2, 0.25) is 0 Å². The smallest absolute Gasteiger partial charge is 0.0629 e. The first-order valence-electron chi connectivity index (χ1n) is 3.64. The van der Waals surface area contributed by atoms with Crippen molar-refractivity contribution < 1.29 is 0 Å². The van der Waals surface area contributed by atoms with Gasteiger partial charge in [0.1, 0.15) is 0 Å². The highest BCUT2D eigenvalue weighted by atomic mass is 14.7. The van der Waals surface area contributed by atoms with Gasteiger partial charge in [-0.2, -0.15) is 0 Å². The second-order valence-electron chi connectivity index (χ2n) is 2.14. The molecule has 1 aromatic rings. The number of benzene rings is 1. The summed E-state index contributed by atoms with van der Waals surface area (Å²) in [5, 5.41) is 0. The Bertz CT molecular complexity index is 247. The minimum absolute atomic E-state index is 0.991. The van der Waals surface area contributed by atoms with Crippen LogP contribution in [0.15, 0.2) is 47.5 Å². The van der Waals surface area contributed by atoms with E-state index in [2.05, 4.69) is 4.99 Å². The van der Waals surface area contributed by atoms with Crippen LogP contribution >= 0.6 is 0 Å². The molecule has 0 saturated heterocycles. The van der Waals surface area contributed by atoms with Crippen molar-refractivity contribution in [2.75, 3.05) is 0 Å². The van der Waals surface area contributed by atoms with Crippen LogP contribution in [-0.2, 0) is 0 Å². The molecule has 0 bridgehead atoms. The van der Waals surface area contributed by atoms with Crippen LogP contribution in [0.5, 0.6) is 0 Å². The Hall–Kier alpha value is -1.37. The molecule has 0 amide bonds. The van der Waals surface area contributed by atoms with E-state index in [1.165, 1.54) is 0 Å². The third kappa shape index (κ3) is 2.80. The van der Waals surface area contributed by atoms with Gasteiger partial charge in [-0.05, 0) is 25.1 Å². The van der Waals surface area contributed by atoms with Crippen LogP contribution in [0.25, 0.3) is 0 Å². The van der Waals surface area contributed by atoms with Crippen molar-refractivity contribution in [2.45, 2.75) is 6.92 Å². The van der Waals surface area contributed by atoms with E-state index >= 15 is 0 Å². The molecule has 0 unspecified atom stereocenters. The third-order valence-electron chi connectivity index (χ3n) is 1.26. The Labute approximate surface area is 67.1 Å². The fraction of sp³-hybridized carbons (Fsp3) is 0.100. The molecule has 0 fully saturated rings. The zero-order chi connectivity index (χ0) is 7.94. The van der Waals surface area contributed by atoms with Gasteiger partial charge in [0.25, 0.3) is 0 Å². The van der Waals surface area contributed by atoms with Crippen LogP contribution < -0.4 is 0 Å². The van der Waals surface area contributed by atoms with Crippen molar-refractivity contribution in [3.8, 4) is 0 Å². The Morgan fingerprint density at radius 1 is 1.18 bits per heavy atom. The Balaban J connectivity index is 2.64. The zero-order valence-corrected chi connectivity index (χ0v) is 6.57. The average molecular weight is 145 g/mol. The molecule has 11 heavy (non-hydrogen) atoms. The second kappa shape index (κ2) is 4.45. The molecular weight excluding hydrogens is 134 g/mol. The fourth-order valence-electron chi connectivity index (χ4n) is 0.729. The molecule has 1 rings (SSSR count). The molecule has 1 aromatic carbocycles. The maximum absolute atomic E-state index is 4.18. The van der Waals surface area contributed by atoms with Gasteiger partial charge in [-0.25, -0.2) is 0 Å². The lowest BCUT2D eigenvalue weighted by molar-refractivity contribution is 1.54. The molecule has 0 spiro atoms. The molecule has 56 valence electrons. The summed E-state index contributed by atoms with van der Waals surface area (Å²) >= 11 is 0. The summed E-state index contributed by atoms with van der Waals surface area (Å²) in [5.41, 5.74) is 0.991. The molecule has 0 N–H and O–H groups in total. The number of nitrogens with zero attached hydrogens (tertiary/aromatic N) is 1. The molecule has 0 aliphatic rings. The van der Waals surface area contributed by atoms with Crippen LogP contribution in [0.4, 0.5) is 5.69 Å². The average Bonchev–Trinajstić information content (AvgIpc) is 2.07. The number of hydrogen-bond acceptors (Lipinski definition) is 1. The third-order valence-corrected chi connectivity index (χ3v) is 1.26. The lowest BCUT2D eigenvalue weighted by atomic mass is 10.3. The van der Waals surface area contributed by atoms with Gasteiger partial charge < -0.3 is 0 Å². The molecule has 0 aliphatic carbocycles. The van der Waals surface area contributed by atoms with Gasteiger partial charge in [-0.3, -0.25) is 4.99 Å². The molecule has 0 atom stereocenters. The summed E-state index contributed by atoms with van der Waals surface area (Å²) in [6, 6.07) is 9.87. The van der Waals surface area contributed by atoms with Gasteiger partial charge in [0.05, 0.1) is 5.69 Å². The largest absolute Gasteiger partial charge is 0.257 e. The number of hydrogen-bond donors (Lipinski definition) is 0. The van der Waals surface area contributed by atoms with Crippen molar-refractivity contribution in [3.63, 3.8) is 0 Å². The second-order valence-corrected chi connectivity index (χ2v) is 2.14. The van der Waals surface area contributed by atoms with E-state index in [4.69, 9.17) is 0 Å². The van der Waals surface area contributed by atoms with Crippen molar-refractivity contribution in [3.05, 3.63) is 42.5 Å². The van der Waals surface area contributed by atoms with Gasteiger partial charge in [-0.15, -0.1) is 0 Å². The van der Waals surface area contributed by atoms with Crippen LogP contribution in [0.3, 0.4) is 0 Å². The van der Waals surface area contributed by atoms with Gasteiger partial charge >= 0.3 is 0 Å². The predicted octanol–water partition coefficient (Wildman–Crippen LogP) is 2.97. The summed E-state index contributed by atoms with van der Waals surface area (Å²) in [4.78, 5) is 4.18. The summed E-state index contributed by atoms with van der Waals surface area (Å²) in [5.74, 6) is 0. The van der Waals surface area contributed by atoms with Crippen molar-refractivity contribution in [2.24, 2.45) is 4.99 Å². The number of para-hydroxylation sites is 1. The molecule has 1 nitrogen and oxygen atoms in total. The predicted molar refractivity (Wildman–Crippen MR) is 49.4 cm³/mol. The van der Waals surface area contributed by atoms with Crippen molar-refractivity contribution >= 4 is 11.9 Å². The lowest BCUT2D eigenvalue weighted by Gasteiger charge is -1.87. The van der Waals surface area contributed by atoms with E-state index in [0.717, 1.165) is 5.69 Å². The SMILES string of the molecule is C/C=C/C=N\c1ccccc1. The van der Waals surface area contributed by atoms with E-state index in [1.54, 1.807) is 6.21 Å². The first-order valence-corrected chi connectivity index (χ1v) is 3.64. The highest BCUT2D eigenvalue weighted by Gasteiger charge is 1.79. The van der Waals surface area contributed by atoms with Crippen LogP contribution in [0.1, 0.15) is 6.92 Å². The monoisotopic (exact) mass is 145 g/mol. The Kier molecular flexibility index (Phi) is 3.13. The highest BCUT2D eigenvalue weighted by molar-refractivity contribution is 5.74. The van der Waals surface area contributed by atoms with E-state index < -0.39 is 0 Å². The first-order chi connectivity index (χ1) is 5.43. The quantitative estimate of drug-likeness (QED) is 0.567. The Morgan fingerprint density at radius 2 is 1.91 bits per heavy atom. The zero-order valence-electron chi connectivity index (χ0n) is 6.57. The first kappa shape index (κ1) is 7.73. The standard InChI is InChI=1S/C10H11N/c1-2-3-9-11-10-7-5-4-6-8-10/h2-9H,1H3/b3-2+,11-9-. The normalized spacial score (nSPS) is 11.4. The van der Waals surface area contributed by atoms with Gasteiger partial charge in [0.15, 0.2) is 0 Å². The summed E-state index contributed by atoms with van der Waals surface area (Å²) in [6.45, 7) is 1.97. The van der Waals surface area contributed by atoms with Crippen molar-refractivity contribution in [1.82, 2.24) is 0 Å². The molecule has 0 radical (unpaired) electrons. The molecule has 0 saturated carbocycles. The molecule has 0 heterocycles. The van der Waals surface area contributed by atoms with E-state index in [1.807, 2.05) is 49.4 Å². The van der Waals surface area contributed by atoms with Gasteiger partial charge in [0, 0.05) is 6.21 Å². The molecule has 0 aliphatic heterocycles. The molecule has 1 heteroatoms. The van der Waals surface area contributed by atoms with Crippen LogP contribution in [-0.4, -0.2) is 6.21 Å². The van der Waals surface area contributed by atoms with Gasteiger partial charge in [-0.1, -0.05) is 24.3 Å². The summed E-state index contributed by atoms with van der Waals surface area (Å²) in [7, 11) is 0. The maximum Gasteiger partial charge on any atom is 0.0629 e. The molecule has 0 aromatic heterocycles. The van der Waals surface area contributed by atoms with Gasteiger partial charge in [0.2, 0.25) is 0 Å². The maximum atomic E-state index is 4.18. The minimum Gasteiger partial charge on any atom is -0.257 e. The van der Waals surface area contributed by atoms with Crippen molar-refractivity contribution in [1.29, 1.82) is 0 Å². The van der Waals surface area contributed by atoms with E-state index in [0.29, 0.717) is 0 Å². The van der Waals surface area contributed by atoms with E-state index in [-0.39, 0.29) is 0 Å². The number of allylic oxidation sites excluding steroid dienone is 2. The summed E-state index contributed by atoms with van der Waals surface area (Å²) in [6.07, 6.45) is 5.65. The fourth-order valence-corrected chi connectivity index (χ4v) is 0.729. The molecular formula is C10H11N. The topological polar surface area (TPSA) is 12.4 Å². The minimum atomic E-state index is 0.991. The highest BCUT2D eigenvalue weighted by Crippen LogP contribution is 2.07. The number of aliphatic imine (C=N–C) groups is 1. The lowest BCUT2D eigenvalue weighted by Crippen LogP contribution is -1.64.